The Labute approximate surface area is 170 Å². The van der Waals surface area contributed by atoms with Crippen LogP contribution in [0.25, 0.3) is 0 Å². The highest BCUT2D eigenvalue weighted by Gasteiger charge is 2.55. The zero-order chi connectivity index (χ0) is 20.6. The van der Waals surface area contributed by atoms with Gasteiger partial charge in [-0.25, -0.2) is 9.18 Å². The van der Waals surface area contributed by atoms with Gasteiger partial charge in [-0.15, -0.1) is 0 Å². The van der Waals surface area contributed by atoms with Crippen molar-refractivity contribution >= 4 is 11.9 Å². The second kappa shape index (κ2) is 8.03. The van der Waals surface area contributed by atoms with E-state index in [1.807, 2.05) is 0 Å². The molecule has 2 aliphatic heterocycles. The van der Waals surface area contributed by atoms with Gasteiger partial charge in [-0.2, -0.15) is 0 Å². The van der Waals surface area contributed by atoms with Crippen molar-refractivity contribution in [2.24, 2.45) is 11.8 Å². The van der Waals surface area contributed by atoms with Gasteiger partial charge in [0.25, 0.3) is 0 Å². The molecule has 0 spiro atoms. The molecule has 3 aliphatic rings. The van der Waals surface area contributed by atoms with Gasteiger partial charge in [0.05, 0.1) is 19.6 Å². The van der Waals surface area contributed by atoms with Gasteiger partial charge in [0.1, 0.15) is 5.82 Å². The Hall–Kier alpha value is -1.99. The van der Waals surface area contributed by atoms with Crippen LogP contribution in [0.5, 0.6) is 0 Å². The number of hydrogen-bond donors (Lipinski definition) is 1. The minimum atomic E-state index is -1.02. The molecule has 0 aromatic heterocycles. The van der Waals surface area contributed by atoms with Crippen LogP contribution in [0, 0.1) is 17.7 Å². The molecular weight excluding hydrogens is 377 g/mol. The molecule has 1 saturated carbocycles. The standard InChI is InChI=1S/C22H28FNO5/c1-28-20(25)19-12-24(11-9-18(19)14-2-6-16(23)7-3-14)17-8-10-22(21(26)27,29-13-17)15-4-5-15/h2-3,6-7,15,17-19H,4-5,8-13H2,1H3,(H,26,27)/t17-,18+,19-,22+/m1/s1. The van der Waals surface area contributed by atoms with Crippen molar-refractivity contribution in [2.75, 3.05) is 26.8 Å². The fourth-order valence-electron chi connectivity index (χ4n) is 5.09. The number of aliphatic carboxylic acids is 1. The number of methoxy groups -OCH3 is 1. The molecule has 1 N–H and O–H groups in total. The molecule has 2 saturated heterocycles. The SMILES string of the molecule is COC(=O)[C@@H]1CN([C@@H]2CC[C@@](C(=O)O)(C3CC3)OC2)CC[C@H]1c1ccc(F)cc1. The molecule has 29 heavy (non-hydrogen) atoms. The molecule has 0 radical (unpaired) electrons. The largest absolute Gasteiger partial charge is 0.479 e. The Morgan fingerprint density at radius 2 is 1.93 bits per heavy atom. The Morgan fingerprint density at radius 3 is 2.48 bits per heavy atom. The number of carboxylic acids is 1. The van der Waals surface area contributed by atoms with Crippen molar-refractivity contribution < 1.29 is 28.6 Å². The molecule has 1 aromatic rings. The number of nitrogens with zero attached hydrogens (tertiary/aromatic N) is 1. The van der Waals surface area contributed by atoms with E-state index in [9.17, 15) is 19.1 Å². The third-order valence-electron chi connectivity index (χ3n) is 6.94. The maximum Gasteiger partial charge on any atom is 0.336 e. The van der Waals surface area contributed by atoms with Crippen LogP contribution in [0.4, 0.5) is 4.39 Å². The van der Waals surface area contributed by atoms with Gasteiger partial charge in [-0.1, -0.05) is 12.1 Å². The minimum Gasteiger partial charge on any atom is -0.479 e. The Bertz CT molecular complexity index is 755. The van der Waals surface area contributed by atoms with Crippen molar-refractivity contribution in [3.63, 3.8) is 0 Å². The number of rotatable bonds is 5. The number of benzene rings is 1. The molecule has 1 aliphatic carbocycles. The second-order valence-corrected chi connectivity index (χ2v) is 8.54. The first-order valence-electron chi connectivity index (χ1n) is 10.4. The first kappa shape index (κ1) is 20.3. The summed E-state index contributed by atoms with van der Waals surface area (Å²) in [6.07, 6.45) is 3.86. The number of piperidine rings is 1. The topological polar surface area (TPSA) is 76.1 Å². The van der Waals surface area contributed by atoms with Gasteiger partial charge in [-0.3, -0.25) is 9.69 Å². The molecule has 6 nitrogen and oxygen atoms in total. The minimum absolute atomic E-state index is 0.0200. The fourth-order valence-corrected chi connectivity index (χ4v) is 5.09. The molecule has 2 heterocycles. The molecule has 0 bridgehead atoms. The highest BCUT2D eigenvalue weighted by molar-refractivity contribution is 5.78. The lowest BCUT2D eigenvalue weighted by Crippen LogP contribution is -2.56. The number of carbonyl (C=O) groups excluding carboxylic acids is 1. The average molecular weight is 405 g/mol. The summed E-state index contributed by atoms with van der Waals surface area (Å²) in [5.74, 6) is -1.63. The van der Waals surface area contributed by atoms with Gasteiger partial charge in [0.2, 0.25) is 0 Å². The van der Waals surface area contributed by atoms with E-state index in [-0.39, 0.29) is 35.6 Å². The number of esters is 1. The van der Waals surface area contributed by atoms with E-state index in [0.29, 0.717) is 19.6 Å². The molecule has 1 aromatic carbocycles. The first-order valence-corrected chi connectivity index (χ1v) is 10.4. The van der Waals surface area contributed by atoms with Crippen molar-refractivity contribution in [3.05, 3.63) is 35.6 Å². The Morgan fingerprint density at radius 1 is 1.21 bits per heavy atom. The highest BCUT2D eigenvalue weighted by Crippen LogP contribution is 2.47. The zero-order valence-corrected chi connectivity index (χ0v) is 16.7. The van der Waals surface area contributed by atoms with Crippen molar-refractivity contribution in [3.8, 4) is 0 Å². The van der Waals surface area contributed by atoms with E-state index in [1.54, 1.807) is 12.1 Å². The van der Waals surface area contributed by atoms with Crippen LogP contribution in [-0.2, 0) is 19.1 Å². The molecule has 158 valence electrons. The molecular formula is C22H28FNO5. The lowest BCUT2D eigenvalue weighted by Gasteiger charge is -2.45. The van der Waals surface area contributed by atoms with Crippen LogP contribution < -0.4 is 0 Å². The molecule has 0 unspecified atom stereocenters. The number of carbonyl (C=O) groups is 2. The predicted molar refractivity (Wildman–Crippen MR) is 103 cm³/mol. The summed E-state index contributed by atoms with van der Waals surface area (Å²) in [5.41, 5.74) is -0.0787. The molecule has 7 heteroatoms. The number of hydrogen-bond acceptors (Lipinski definition) is 5. The van der Waals surface area contributed by atoms with E-state index in [0.717, 1.165) is 37.8 Å². The van der Waals surface area contributed by atoms with Crippen molar-refractivity contribution in [1.82, 2.24) is 4.90 Å². The summed E-state index contributed by atoms with van der Waals surface area (Å²) in [5, 5.41) is 9.70. The monoisotopic (exact) mass is 405 g/mol. The van der Waals surface area contributed by atoms with Gasteiger partial charge in [-0.05, 0) is 68.2 Å². The Kier molecular flexibility index (Phi) is 5.62. The normalized spacial score (nSPS) is 33.2. The van der Waals surface area contributed by atoms with E-state index in [1.165, 1.54) is 19.2 Å². The molecule has 4 atom stereocenters. The maximum atomic E-state index is 13.3. The second-order valence-electron chi connectivity index (χ2n) is 8.54. The lowest BCUT2D eigenvalue weighted by atomic mass is 9.79. The van der Waals surface area contributed by atoms with E-state index in [4.69, 9.17) is 9.47 Å². The summed E-state index contributed by atoms with van der Waals surface area (Å²) >= 11 is 0. The number of likely N-dealkylation sites (tertiary alicyclic amines) is 1. The summed E-state index contributed by atoms with van der Waals surface area (Å²) in [6, 6.07) is 6.43. The number of carboxylic acid groups (broad SMARTS) is 1. The third kappa shape index (κ3) is 3.90. The van der Waals surface area contributed by atoms with Crippen LogP contribution in [0.1, 0.15) is 43.6 Å². The smallest absolute Gasteiger partial charge is 0.336 e. The van der Waals surface area contributed by atoms with Crippen LogP contribution >= 0.6 is 0 Å². The third-order valence-corrected chi connectivity index (χ3v) is 6.94. The number of halogens is 1. The molecule has 3 fully saturated rings. The summed E-state index contributed by atoms with van der Waals surface area (Å²) in [6.45, 7) is 1.69. The summed E-state index contributed by atoms with van der Waals surface area (Å²) < 4.78 is 24.3. The molecule has 0 amide bonds. The summed E-state index contributed by atoms with van der Waals surface area (Å²) in [7, 11) is 1.39. The van der Waals surface area contributed by atoms with Crippen LogP contribution in [0.2, 0.25) is 0 Å². The van der Waals surface area contributed by atoms with Gasteiger partial charge < -0.3 is 14.6 Å². The van der Waals surface area contributed by atoms with Crippen molar-refractivity contribution in [2.45, 2.75) is 49.7 Å². The van der Waals surface area contributed by atoms with Gasteiger partial charge >= 0.3 is 11.9 Å². The van der Waals surface area contributed by atoms with Gasteiger partial charge in [0.15, 0.2) is 5.60 Å². The van der Waals surface area contributed by atoms with Crippen LogP contribution in [0.15, 0.2) is 24.3 Å². The van der Waals surface area contributed by atoms with E-state index >= 15 is 0 Å². The Balaban J connectivity index is 1.45. The van der Waals surface area contributed by atoms with E-state index in [2.05, 4.69) is 4.90 Å². The predicted octanol–water partition coefficient (Wildman–Crippen LogP) is 2.82. The summed E-state index contributed by atoms with van der Waals surface area (Å²) in [4.78, 5) is 26.6. The van der Waals surface area contributed by atoms with E-state index < -0.39 is 11.6 Å². The first-order chi connectivity index (χ1) is 13.9. The van der Waals surface area contributed by atoms with Crippen LogP contribution in [-0.4, -0.2) is 60.4 Å². The fraction of sp³-hybridized carbons (Fsp3) is 0.636. The zero-order valence-electron chi connectivity index (χ0n) is 16.7. The molecule has 4 rings (SSSR count). The van der Waals surface area contributed by atoms with Crippen LogP contribution in [0.3, 0.4) is 0 Å². The number of ether oxygens (including phenoxy) is 2. The average Bonchev–Trinajstić information content (AvgIpc) is 3.59. The lowest BCUT2D eigenvalue weighted by molar-refractivity contribution is -0.183. The quantitative estimate of drug-likeness (QED) is 0.760. The highest BCUT2D eigenvalue weighted by atomic mass is 19.1. The maximum absolute atomic E-state index is 13.3. The van der Waals surface area contributed by atoms with Crippen molar-refractivity contribution in [1.29, 1.82) is 0 Å². The van der Waals surface area contributed by atoms with Gasteiger partial charge in [0, 0.05) is 12.6 Å².